The van der Waals surface area contributed by atoms with Gasteiger partial charge in [-0.3, -0.25) is 0 Å². The lowest BCUT2D eigenvalue weighted by molar-refractivity contribution is -0.520. The number of rotatable bonds is 2. The lowest BCUT2D eigenvalue weighted by atomic mass is 10.0. The number of fused-ring (bicyclic) bond motifs is 1. The minimum atomic E-state index is -4.33. The van der Waals surface area contributed by atoms with Gasteiger partial charge in [-0.25, -0.2) is 9.48 Å². The van der Waals surface area contributed by atoms with E-state index in [4.69, 9.17) is 9.31 Å². The van der Waals surface area contributed by atoms with E-state index in [0.29, 0.717) is 0 Å². The van der Waals surface area contributed by atoms with Crippen LogP contribution in [0.15, 0.2) is 24.3 Å². The highest BCUT2D eigenvalue weighted by Gasteiger charge is 2.57. The van der Waals surface area contributed by atoms with Crippen LogP contribution in [0, 0.1) is 41.5 Å². The quantitative estimate of drug-likeness (QED) is 0.547. The Balaban J connectivity index is 1.90. The summed E-state index contributed by atoms with van der Waals surface area (Å²) in [4.78, 5) is 1.79. The first-order valence-electron chi connectivity index (χ1n) is 9.50. The SMILES string of the molecule is Cc1cc(C)c(N2C=[N+](c3c(C)cc(C)cc3C)[C@@H]3O[B-](F)(F)O[C@@H]32)c(C)c1. The second kappa shape index (κ2) is 6.39. The standard InChI is InChI=1S/C21H25BF2N2O2/c1-12-7-14(3)18(15(4)8-12)25-11-26(21-20(25)27-22(23,24)28-21)19-16(5)9-13(2)10-17(19)6/h7-11,20-21H,1-6H3/t20-,21+. The van der Waals surface area contributed by atoms with Gasteiger partial charge in [0.1, 0.15) is 11.4 Å². The summed E-state index contributed by atoms with van der Waals surface area (Å²) in [5, 5.41) is 0. The van der Waals surface area contributed by atoms with Crippen LogP contribution in [0.25, 0.3) is 0 Å². The van der Waals surface area contributed by atoms with Crippen molar-refractivity contribution in [2.45, 2.75) is 54.0 Å². The molecule has 4 nitrogen and oxygen atoms in total. The van der Waals surface area contributed by atoms with Gasteiger partial charge in [0.2, 0.25) is 18.8 Å². The highest BCUT2D eigenvalue weighted by molar-refractivity contribution is 6.52. The molecule has 0 amide bonds. The van der Waals surface area contributed by atoms with Crippen molar-refractivity contribution in [2.75, 3.05) is 4.90 Å². The molecular weight excluding hydrogens is 361 g/mol. The molecule has 0 radical (unpaired) electrons. The van der Waals surface area contributed by atoms with E-state index in [1.807, 2.05) is 47.9 Å². The third-order valence-electron chi connectivity index (χ3n) is 5.42. The van der Waals surface area contributed by atoms with Crippen LogP contribution in [0.5, 0.6) is 0 Å². The maximum absolute atomic E-state index is 14.1. The fraction of sp³-hybridized carbons (Fsp3) is 0.381. The van der Waals surface area contributed by atoms with Crippen LogP contribution < -0.4 is 4.90 Å². The predicted molar refractivity (Wildman–Crippen MR) is 107 cm³/mol. The van der Waals surface area contributed by atoms with Crippen molar-refractivity contribution in [3.05, 3.63) is 57.6 Å². The van der Waals surface area contributed by atoms with Crippen molar-refractivity contribution < 1.29 is 22.5 Å². The summed E-state index contributed by atoms with van der Waals surface area (Å²) in [6, 6.07) is 8.20. The van der Waals surface area contributed by atoms with Gasteiger partial charge in [0.25, 0.3) is 0 Å². The van der Waals surface area contributed by atoms with E-state index in [-0.39, 0.29) is 0 Å². The summed E-state index contributed by atoms with van der Waals surface area (Å²) in [5.74, 6) is 0. The molecule has 28 heavy (non-hydrogen) atoms. The zero-order chi connectivity index (χ0) is 20.4. The molecule has 2 aromatic rings. The number of benzene rings is 2. The van der Waals surface area contributed by atoms with E-state index in [2.05, 4.69) is 24.3 Å². The third-order valence-corrected chi connectivity index (χ3v) is 5.42. The molecule has 0 saturated carbocycles. The van der Waals surface area contributed by atoms with E-state index in [1.165, 1.54) is 0 Å². The van der Waals surface area contributed by atoms with Crippen molar-refractivity contribution in [2.24, 2.45) is 0 Å². The van der Waals surface area contributed by atoms with Crippen molar-refractivity contribution in [3.63, 3.8) is 0 Å². The normalized spacial score (nSPS) is 23.1. The van der Waals surface area contributed by atoms with Gasteiger partial charge < -0.3 is 17.9 Å². The Morgan fingerprint density at radius 1 is 0.821 bits per heavy atom. The van der Waals surface area contributed by atoms with Gasteiger partial charge in [-0.15, -0.1) is 0 Å². The van der Waals surface area contributed by atoms with Crippen LogP contribution in [0.4, 0.5) is 20.0 Å². The summed E-state index contributed by atoms with van der Waals surface area (Å²) < 4.78 is 40.2. The molecule has 0 aromatic heterocycles. The smallest absolute Gasteiger partial charge is 0.470 e. The van der Waals surface area contributed by atoms with E-state index in [9.17, 15) is 8.63 Å². The number of halogens is 2. The van der Waals surface area contributed by atoms with Crippen molar-refractivity contribution >= 4 is 24.8 Å². The summed E-state index contributed by atoms with van der Waals surface area (Å²) in [7, 11) is -4.33. The van der Waals surface area contributed by atoms with Crippen molar-refractivity contribution in [1.82, 2.24) is 0 Å². The van der Waals surface area contributed by atoms with Crippen LogP contribution in [0.2, 0.25) is 0 Å². The maximum Gasteiger partial charge on any atom is 0.607 e. The van der Waals surface area contributed by atoms with E-state index in [1.54, 1.807) is 9.48 Å². The Bertz CT molecular complexity index is 960. The van der Waals surface area contributed by atoms with Crippen LogP contribution in [-0.2, 0) is 9.31 Å². The van der Waals surface area contributed by atoms with E-state index >= 15 is 0 Å². The topological polar surface area (TPSA) is 24.7 Å². The molecule has 2 heterocycles. The minimum absolute atomic E-state index is 0.877. The molecule has 2 atom stereocenters. The molecule has 0 N–H and O–H groups in total. The number of anilines is 1. The molecule has 0 aliphatic carbocycles. The third kappa shape index (κ3) is 3.03. The second-order valence-corrected chi connectivity index (χ2v) is 8.01. The molecule has 0 spiro atoms. The van der Waals surface area contributed by atoms with Crippen LogP contribution in [0.3, 0.4) is 0 Å². The molecule has 148 valence electrons. The van der Waals surface area contributed by atoms with E-state index in [0.717, 1.165) is 44.8 Å². The predicted octanol–water partition coefficient (Wildman–Crippen LogP) is 4.80. The van der Waals surface area contributed by atoms with E-state index < -0.39 is 19.6 Å². The lowest BCUT2D eigenvalue weighted by Crippen LogP contribution is -2.37. The van der Waals surface area contributed by atoms with Crippen LogP contribution >= 0.6 is 0 Å². The number of hydrogen-bond acceptors (Lipinski definition) is 3. The second-order valence-electron chi connectivity index (χ2n) is 8.01. The Morgan fingerprint density at radius 3 is 1.86 bits per heavy atom. The van der Waals surface area contributed by atoms with Crippen LogP contribution in [-0.4, -0.2) is 30.5 Å². The zero-order valence-corrected chi connectivity index (χ0v) is 17.1. The summed E-state index contributed by atoms with van der Waals surface area (Å²) >= 11 is 0. The molecule has 4 rings (SSSR count). The first-order chi connectivity index (χ1) is 13.1. The van der Waals surface area contributed by atoms with Gasteiger partial charge in [-0.1, -0.05) is 35.4 Å². The molecule has 2 aliphatic rings. The summed E-state index contributed by atoms with van der Waals surface area (Å²) in [6.45, 7) is 12.0. The lowest BCUT2D eigenvalue weighted by Gasteiger charge is -2.22. The van der Waals surface area contributed by atoms with Gasteiger partial charge in [0.05, 0.1) is 0 Å². The Labute approximate surface area is 164 Å². The monoisotopic (exact) mass is 386 g/mol. The molecule has 7 heteroatoms. The number of aryl methyl sites for hydroxylation is 6. The van der Waals surface area contributed by atoms with Crippen LogP contribution in [0.1, 0.15) is 33.4 Å². The van der Waals surface area contributed by atoms with Crippen molar-refractivity contribution in [1.29, 1.82) is 0 Å². The van der Waals surface area contributed by atoms with Gasteiger partial charge in [0, 0.05) is 0 Å². The Morgan fingerprint density at radius 2 is 1.32 bits per heavy atom. The average molecular weight is 386 g/mol. The fourth-order valence-electron chi connectivity index (χ4n) is 4.69. The minimum Gasteiger partial charge on any atom is -0.470 e. The molecule has 2 aliphatic heterocycles. The maximum atomic E-state index is 14.1. The summed E-state index contributed by atoms with van der Waals surface area (Å²) in [5.41, 5.74) is 8.07. The first kappa shape index (κ1) is 19.1. The number of hydrogen-bond donors (Lipinski definition) is 0. The highest BCUT2D eigenvalue weighted by Crippen LogP contribution is 2.41. The number of nitrogens with zero attached hydrogens (tertiary/aromatic N) is 2. The fourth-order valence-corrected chi connectivity index (χ4v) is 4.69. The molecule has 0 unspecified atom stereocenters. The molecule has 1 saturated heterocycles. The largest absolute Gasteiger partial charge is 0.607 e. The molecule has 1 fully saturated rings. The molecular formula is C21H25BF2N2O2. The van der Waals surface area contributed by atoms with Gasteiger partial charge in [-0.2, -0.15) is 0 Å². The van der Waals surface area contributed by atoms with Crippen molar-refractivity contribution in [3.8, 4) is 0 Å². The Hall–Kier alpha value is -2.25. The first-order valence-corrected chi connectivity index (χ1v) is 9.50. The van der Waals surface area contributed by atoms with Gasteiger partial charge in [0.15, 0.2) is 0 Å². The zero-order valence-electron chi connectivity index (χ0n) is 17.1. The molecule has 2 aromatic carbocycles. The summed E-state index contributed by atoms with van der Waals surface area (Å²) in [6.07, 6.45) is 0.0288. The molecule has 0 bridgehead atoms. The highest BCUT2D eigenvalue weighted by atomic mass is 19.3. The Kier molecular flexibility index (Phi) is 4.36. The van der Waals surface area contributed by atoms with Gasteiger partial charge in [-0.05, 0) is 63.8 Å². The van der Waals surface area contributed by atoms with Gasteiger partial charge >= 0.3 is 7.11 Å². The average Bonchev–Trinajstić information content (AvgIpc) is 3.00.